The topological polar surface area (TPSA) is 32.3 Å². The Hall–Kier alpha value is -0.850. The highest BCUT2D eigenvalue weighted by atomic mass is 19.3. The van der Waals surface area contributed by atoms with Gasteiger partial charge in [0.2, 0.25) is 5.91 Å². The second-order valence-corrected chi connectivity index (χ2v) is 5.19. The maximum atomic E-state index is 13.2. The van der Waals surface area contributed by atoms with Crippen LogP contribution in [0.1, 0.15) is 46.0 Å². The lowest BCUT2D eigenvalue weighted by Crippen LogP contribution is -2.47. The first-order chi connectivity index (χ1) is 9.33. The summed E-state index contributed by atoms with van der Waals surface area (Å²) in [6.07, 6.45) is -0.938. The van der Waals surface area contributed by atoms with Crippen LogP contribution in [0.2, 0.25) is 0 Å². The fourth-order valence-electron chi connectivity index (χ4n) is 2.36. The van der Waals surface area contributed by atoms with Crippen molar-refractivity contribution in [3.05, 3.63) is 0 Å². The number of hydrogen-bond donors (Lipinski definition) is 1. The second-order valence-electron chi connectivity index (χ2n) is 5.19. The minimum atomic E-state index is -4.16. The first-order valence-corrected chi connectivity index (χ1v) is 7.06. The number of rotatable bonds is 8. The van der Waals surface area contributed by atoms with Crippen molar-refractivity contribution in [2.75, 3.05) is 6.54 Å². The minimum Gasteiger partial charge on any atom is -0.320 e. The molecule has 2 unspecified atom stereocenters. The van der Waals surface area contributed by atoms with Crippen LogP contribution >= 0.6 is 0 Å². The molecule has 1 heterocycles. The number of halogens is 4. The average Bonchev–Trinajstić information content (AvgIpc) is 2.65. The zero-order valence-corrected chi connectivity index (χ0v) is 11.8. The average molecular weight is 298 g/mol. The molecule has 0 aromatic heterocycles. The Kier molecular flexibility index (Phi) is 6.23. The zero-order valence-electron chi connectivity index (χ0n) is 11.8. The van der Waals surface area contributed by atoms with Crippen LogP contribution in [-0.2, 0) is 4.79 Å². The molecule has 1 N–H and O–H groups in total. The molecule has 2 atom stereocenters. The van der Waals surface area contributed by atoms with E-state index in [1.54, 1.807) is 0 Å². The summed E-state index contributed by atoms with van der Waals surface area (Å²) in [5.74, 6) is -4.65. The molecule has 0 aromatic carbocycles. The third kappa shape index (κ3) is 4.07. The lowest BCUT2D eigenvalue weighted by Gasteiger charge is -2.27. The maximum absolute atomic E-state index is 13.2. The number of nitrogens with zero attached hydrogens (tertiary/aromatic N) is 1. The Bertz CT molecular complexity index is 325. The van der Waals surface area contributed by atoms with E-state index in [4.69, 9.17) is 0 Å². The Morgan fingerprint density at radius 3 is 2.40 bits per heavy atom. The smallest absolute Gasteiger partial charge is 0.320 e. The third-order valence-corrected chi connectivity index (χ3v) is 3.46. The lowest BCUT2D eigenvalue weighted by molar-refractivity contribution is -0.157. The fraction of sp³-hybridized carbons (Fsp3) is 0.923. The van der Waals surface area contributed by atoms with E-state index >= 15 is 0 Å². The number of carbonyl (C=O) groups is 1. The first-order valence-electron chi connectivity index (χ1n) is 7.06. The van der Waals surface area contributed by atoms with Crippen molar-refractivity contribution in [1.82, 2.24) is 10.2 Å². The standard InChI is InChI=1S/C13H22F4N2O/c1-3-5-7-9-11(20)19(10(18-9)6-4-2)8-13(16,17)12(14)15/h9-10,12,18H,3-8H2,1-2H3. The van der Waals surface area contributed by atoms with E-state index in [-0.39, 0.29) is 0 Å². The van der Waals surface area contributed by atoms with Gasteiger partial charge in [-0.2, -0.15) is 8.78 Å². The van der Waals surface area contributed by atoms with Crippen LogP contribution in [0.25, 0.3) is 0 Å². The van der Waals surface area contributed by atoms with Crippen LogP contribution in [0.15, 0.2) is 0 Å². The van der Waals surface area contributed by atoms with Gasteiger partial charge in [0.25, 0.3) is 0 Å². The number of unbranched alkanes of at least 4 members (excludes halogenated alkanes) is 1. The second kappa shape index (κ2) is 7.24. The van der Waals surface area contributed by atoms with Crippen molar-refractivity contribution in [1.29, 1.82) is 0 Å². The highest BCUT2D eigenvalue weighted by molar-refractivity contribution is 5.84. The van der Waals surface area contributed by atoms with Crippen LogP contribution in [-0.4, -0.2) is 41.9 Å². The molecule has 0 spiro atoms. The molecule has 0 aromatic rings. The number of nitrogens with one attached hydrogen (secondary N) is 1. The van der Waals surface area contributed by atoms with Crippen molar-refractivity contribution < 1.29 is 22.4 Å². The third-order valence-electron chi connectivity index (χ3n) is 3.46. The number of hydrogen-bond acceptors (Lipinski definition) is 2. The van der Waals surface area contributed by atoms with Crippen LogP contribution in [0.3, 0.4) is 0 Å². The molecule has 0 aliphatic carbocycles. The Labute approximate surface area is 116 Å². The summed E-state index contributed by atoms with van der Waals surface area (Å²) in [6.45, 7) is 2.60. The van der Waals surface area contributed by atoms with Crippen LogP contribution in [0, 0.1) is 0 Å². The van der Waals surface area contributed by atoms with E-state index in [0.717, 1.165) is 17.7 Å². The van der Waals surface area contributed by atoms with Crippen molar-refractivity contribution >= 4 is 5.91 Å². The summed E-state index contributed by atoms with van der Waals surface area (Å²) in [6, 6.07) is -0.528. The van der Waals surface area contributed by atoms with Crippen molar-refractivity contribution in [2.45, 2.75) is 70.5 Å². The van der Waals surface area contributed by atoms with Gasteiger partial charge in [-0.25, -0.2) is 8.78 Å². The molecule has 0 radical (unpaired) electrons. The van der Waals surface area contributed by atoms with Gasteiger partial charge in [-0.05, 0) is 12.8 Å². The highest BCUT2D eigenvalue weighted by Crippen LogP contribution is 2.28. The quantitative estimate of drug-likeness (QED) is 0.699. The molecule has 1 amide bonds. The van der Waals surface area contributed by atoms with E-state index in [1.165, 1.54) is 0 Å². The normalized spacial score (nSPS) is 23.9. The first kappa shape index (κ1) is 17.2. The monoisotopic (exact) mass is 298 g/mol. The Balaban J connectivity index is 2.76. The van der Waals surface area contributed by atoms with Crippen molar-refractivity contribution in [2.24, 2.45) is 0 Å². The Morgan fingerprint density at radius 1 is 1.25 bits per heavy atom. The molecule has 20 heavy (non-hydrogen) atoms. The van der Waals surface area contributed by atoms with E-state index in [0.29, 0.717) is 19.3 Å². The number of alkyl halides is 4. The highest BCUT2D eigenvalue weighted by Gasteiger charge is 2.48. The van der Waals surface area contributed by atoms with E-state index in [2.05, 4.69) is 5.32 Å². The van der Waals surface area contributed by atoms with Gasteiger partial charge in [-0.3, -0.25) is 10.1 Å². The molecule has 1 fully saturated rings. The van der Waals surface area contributed by atoms with Crippen molar-refractivity contribution in [3.63, 3.8) is 0 Å². The van der Waals surface area contributed by atoms with E-state index < -0.39 is 37.0 Å². The molecular weight excluding hydrogens is 276 g/mol. The molecule has 0 bridgehead atoms. The maximum Gasteiger partial charge on any atom is 0.324 e. The van der Waals surface area contributed by atoms with Gasteiger partial charge in [-0.1, -0.05) is 33.1 Å². The molecule has 1 aliphatic rings. The largest absolute Gasteiger partial charge is 0.324 e. The molecule has 7 heteroatoms. The molecular formula is C13H22F4N2O. The SMILES string of the molecule is CCCCC1NC(CCC)N(CC(F)(F)C(F)F)C1=O. The summed E-state index contributed by atoms with van der Waals surface area (Å²) in [5.41, 5.74) is 0. The summed E-state index contributed by atoms with van der Waals surface area (Å²) in [5, 5.41) is 2.99. The fourth-order valence-corrected chi connectivity index (χ4v) is 2.36. The van der Waals surface area contributed by atoms with Gasteiger partial charge in [0.1, 0.15) is 0 Å². The predicted molar refractivity (Wildman–Crippen MR) is 67.8 cm³/mol. The number of carbonyl (C=O) groups excluding carboxylic acids is 1. The predicted octanol–water partition coefficient (Wildman–Crippen LogP) is 3.00. The summed E-state index contributed by atoms with van der Waals surface area (Å²) in [4.78, 5) is 13.0. The van der Waals surface area contributed by atoms with Gasteiger partial charge in [0, 0.05) is 0 Å². The molecule has 1 aliphatic heterocycles. The Morgan fingerprint density at radius 2 is 1.90 bits per heavy atom. The molecule has 3 nitrogen and oxygen atoms in total. The lowest BCUT2D eigenvalue weighted by atomic mass is 10.1. The zero-order chi connectivity index (χ0) is 15.3. The van der Waals surface area contributed by atoms with E-state index in [1.807, 2.05) is 13.8 Å². The molecule has 1 rings (SSSR count). The number of amides is 1. The van der Waals surface area contributed by atoms with Crippen LogP contribution in [0.5, 0.6) is 0 Å². The minimum absolute atomic E-state index is 0.480. The van der Waals surface area contributed by atoms with Crippen LogP contribution < -0.4 is 5.32 Å². The summed E-state index contributed by atoms with van der Waals surface area (Å²) in [7, 11) is 0. The summed E-state index contributed by atoms with van der Waals surface area (Å²) < 4.78 is 51.0. The van der Waals surface area contributed by atoms with Gasteiger partial charge in [0.15, 0.2) is 0 Å². The molecule has 0 saturated carbocycles. The van der Waals surface area contributed by atoms with Gasteiger partial charge < -0.3 is 4.90 Å². The van der Waals surface area contributed by atoms with Gasteiger partial charge in [-0.15, -0.1) is 0 Å². The molecule has 118 valence electrons. The summed E-state index contributed by atoms with van der Waals surface area (Å²) >= 11 is 0. The van der Waals surface area contributed by atoms with Gasteiger partial charge in [0.05, 0.1) is 18.8 Å². The van der Waals surface area contributed by atoms with Crippen LogP contribution in [0.4, 0.5) is 17.6 Å². The van der Waals surface area contributed by atoms with Crippen molar-refractivity contribution in [3.8, 4) is 0 Å². The van der Waals surface area contributed by atoms with Gasteiger partial charge >= 0.3 is 12.3 Å². The van der Waals surface area contributed by atoms with E-state index in [9.17, 15) is 22.4 Å². The molecule has 1 saturated heterocycles.